The van der Waals surface area contributed by atoms with Crippen LogP contribution in [0.25, 0.3) is 0 Å². The molecule has 26 heavy (non-hydrogen) atoms. The van der Waals surface area contributed by atoms with Crippen molar-refractivity contribution >= 4 is 28.3 Å². The van der Waals surface area contributed by atoms with E-state index in [1.165, 1.54) is 24.3 Å². The molecule has 0 radical (unpaired) electrons. The summed E-state index contributed by atoms with van der Waals surface area (Å²) in [5, 5.41) is 5.79. The molecule has 132 valence electrons. The standard InChI is InChI=1S/C19H16FN3O2S/c1-12-16(18(25)21-11-13-5-3-2-4-6-13)26-19(22-12)23-17(24)14-7-9-15(20)10-8-14/h2-10H,11H2,1H3,(H,21,25)(H,22,23,24). The molecule has 5 nitrogen and oxygen atoms in total. The van der Waals surface area contributed by atoms with Crippen LogP contribution in [-0.2, 0) is 6.54 Å². The molecule has 0 bridgehead atoms. The molecule has 0 aliphatic rings. The molecular weight excluding hydrogens is 353 g/mol. The van der Waals surface area contributed by atoms with E-state index in [9.17, 15) is 14.0 Å². The molecule has 0 saturated carbocycles. The Labute approximate surface area is 153 Å². The molecule has 0 atom stereocenters. The number of carbonyl (C=O) groups is 2. The molecule has 1 heterocycles. The van der Waals surface area contributed by atoms with Crippen LogP contribution in [0.3, 0.4) is 0 Å². The lowest BCUT2D eigenvalue weighted by Gasteiger charge is -2.03. The predicted octanol–water partition coefficient (Wildman–Crippen LogP) is 3.77. The summed E-state index contributed by atoms with van der Waals surface area (Å²) in [4.78, 5) is 29.2. The first kappa shape index (κ1) is 17.8. The van der Waals surface area contributed by atoms with E-state index in [1.54, 1.807) is 6.92 Å². The maximum absolute atomic E-state index is 12.9. The molecule has 2 N–H and O–H groups in total. The number of carbonyl (C=O) groups excluding carboxylic acids is 2. The molecule has 0 saturated heterocycles. The van der Waals surface area contributed by atoms with Gasteiger partial charge < -0.3 is 5.32 Å². The largest absolute Gasteiger partial charge is 0.347 e. The van der Waals surface area contributed by atoms with Gasteiger partial charge in [0.2, 0.25) is 0 Å². The third-order valence-electron chi connectivity index (χ3n) is 3.63. The Kier molecular flexibility index (Phi) is 5.38. The van der Waals surface area contributed by atoms with Gasteiger partial charge in [-0.2, -0.15) is 0 Å². The Morgan fingerprint density at radius 2 is 1.73 bits per heavy atom. The van der Waals surface area contributed by atoms with Gasteiger partial charge >= 0.3 is 0 Å². The number of amides is 2. The van der Waals surface area contributed by atoms with Gasteiger partial charge in [-0.15, -0.1) is 0 Å². The van der Waals surface area contributed by atoms with E-state index in [1.807, 2.05) is 30.3 Å². The number of nitrogens with one attached hydrogen (secondary N) is 2. The van der Waals surface area contributed by atoms with Crippen molar-refractivity contribution in [2.45, 2.75) is 13.5 Å². The Hall–Kier alpha value is -3.06. The van der Waals surface area contributed by atoms with Gasteiger partial charge in [0.05, 0.1) is 5.69 Å². The van der Waals surface area contributed by atoms with Crippen LogP contribution in [0, 0.1) is 12.7 Å². The van der Waals surface area contributed by atoms with Crippen molar-refractivity contribution in [3.8, 4) is 0 Å². The lowest BCUT2D eigenvalue weighted by molar-refractivity contribution is 0.0953. The van der Waals surface area contributed by atoms with Gasteiger partial charge in [0, 0.05) is 12.1 Å². The van der Waals surface area contributed by atoms with E-state index < -0.39 is 11.7 Å². The van der Waals surface area contributed by atoms with Gasteiger partial charge in [-0.3, -0.25) is 14.9 Å². The molecule has 3 aromatic rings. The zero-order valence-electron chi connectivity index (χ0n) is 14.0. The summed E-state index contributed by atoms with van der Waals surface area (Å²) in [5.74, 6) is -1.06. The summed E-state index contributed by atoms with van der Waals surface area (Å²) >= 11 is 1.10. The minimum Gasteiger partial charge on any atom is -0.347 e. The van der Waals surface area contributed by atoms with Gasteiger partial charge in [0.15, 0.2) is 5.13 Å². The van der Waals surface area contributed by atoms with Crippen molar-refractivity contribution < 1.29 is 14.0 Å². The monoisotopic (exact) mass is 369 g/mol. The normalized spacial score (nSPS) is 10.4. The van der Waals surface area contributed by atoms with Crippen molar-refractivity contribution in [3.05, 3.63) is 82.1 Å². The van der Waals surface area contributed by atoms with Gasteiger partial charge in [-0.05, 0) is 36.8 Å². The highest BCUT2D eigenvalue weighted by atomic mass is 32.1. The van der Waals surface area contributed by atoms with Crippen LogP contribution in [-0.4, -0.2) is 16.8 Å². The topological polar surface area (TPSA) is 71.1 Å². The average molecular weight is 369 g/mol. The Balaban J connectivity index is 1.65. The first-order chi connectivity index (χ1) is 12.5. The van der Waals surface area contributed by atoms with E-state index in [0.717, 1.165) is 16.9 Å². The molecule has 0 fully saturated rings. The second kappa shape index (κ2) is 7.88. The summed E-state index contributed by atoms with van der Waals surface area (Å²) in [6.45, 7) is 2.12. The zero-order valence-corrected chi connectivity index (χ0v) is 14.8. The van der Waals surface area contributed by atoms with Crippen molar-refractivity contribution in [1.29, 1.82) is 0 Å². The van der Waals surface area contributed by atoms with E-state index in [2.05, 4.69) is 15.6 Å². The maximum Gasteiger partial charge on any atom is 0.263 e. The number of nitrogens with zero attached hydrogens (tertiary/aromatic N) is 1. The van der Waals surface area contributed by atoms with E-state index in [4.69, 9.17) is 0 Å². The van der Waals surface area contributed by atoms with Crippen molar-refractivity contribution in [2.24, 2.45) is 0 Å². The minimum atomic E-state index is -0.413. The summed E-state index contributed by atoms with van der Waals surface area (Å²) in [5.41, 5.74) is 1.84. The molecule has 0 spiro atoms. The summed E-state index contributed by atoms with van der Waals surface area (Å²) < 4.78 is 12.9. The number of anilines is 1. The third kappa shape index (κ3) is 4.31. The maximum atomic E-state index is 12.9. The lowest BCUT2D eigenvalue weighted by Crippen LogP contribution is -2.22. The SMILES string of the molecule is Cc1nc(NC(=O)c2ccc(F)cc2)sc1C(=O)NCc1ccccc1. The summed E-state index contributed by atoms with van der Waals surface area (Å²) in [6, 6.07) is 14.8. The second-order valence-electron chi connectivity index (χ2n) is 5.56. The van der Waals surface area contributed by atoms with Gasteiger partial charge in [-0.1, -0.05) is 41.7 Å². The number of aryl methyl sites for hydroxylation is 1. The van der Waals surface area contributed by atoms with Crippen molar-refractivity contribution in [1.82, 2.24) is 10.3 Å². The highest BCUT2D eigenvalue weighted by Crippen LogP contribution is 2.23. The second-order valence-corrected chi connectivity index (χ2v) is 6.56. The number of hydrogen-bond donors (Lipinski definition) is 2. The van der Waals surface area contributed by atoms with Gasteiger partial charge in [-0.25, -0.2) is 9.37 Å². The Morgan fingerprint density at radius 1 is 1.04 bits per heavy atom. The molecule has 1 aromatic heterocycles. The van der Waals surface area contributed by atoms with E-state index >= 15 is 0 Å². The smallest absolute Gasteiger partial charge is 0.263 e. The zero-order chi connectivity index (χ0) is 18.5. The molecular formula is C19H16FN3O2S. The van der Waals surface area contributed by atoms with E-state index in [0.29, 0.717) is 27.8 Å². The number of thiazole rings is 1. The molecule has 0 aliphatic carbocycles. The molecule has 7 heteroatoms. The van der Waals surface area contributed by atoms with Crippen molar-refractivity contribution in [3.63, 3.8) is 0 Å². The third-order valence-corrected chi connectivity index (χ3v) is 4.70. The highest BCUT2D eigenvalue weighted by molar-refractivity contribution is 7.17. The van der Waals surface area contributed by atoms with Crippen LogP contribution in [0.5, 0.6) is 0 Å². The number of aromatic nitrogens is 1. The van der Waals surface area contributed by atoms with Crippen LogP contribution < -0.4 is 10.6 Å². The molecule has 2 amide bonds. The Morgan fingerprint density at radius 3 is 2.42 bits per heavy atom. The van der Waals surface area contributed by atoms with Crippen LogP contribution in [0.4, 0.5) is 9.52 Å². The summed E-state index contributed by atoms with van der Waals surface area (Å²) in [6.07, 6.45) is 0. The van der Waals surface area contributed by atoms with Crippen LogP contribution in [0.1, 0.15) is 31.3 Å². The number of benzene rings is 2. The Bertz CT molecular complexity index is 924. The predicted molar refractivity (Wildman–Crippen MR) is 98.8 cm³/mol. The fourth-order valence-electron chi connectivity index (χ4n) is 2.29. The molecule has 2 aromatic carbocycles. The van der Waals surface area contributed by atoms with Crippen LogP contribution in [0.15, 0.2) is 54.6 Å². The quantitative estimate of drug-likeness (QED) is 0.719. The number of hydrogen-bond acceptors (Lipinski definition) is 4. The minimum absolute atomic E-state index is 0.244. The molecule has 0 unspecified atom stereocenters. The molecule has 3 rings (SSSR count). The van der Waals surface area contributed by atoms with E-state index in [-0.39, 0.29) is 5.91 Å². The van der Waals surface area contributed by atoms with Gasteiger partial charge in [0.25, 0.3) is 11.8 Å². The number of rotatable bonds is 5. The van der Waals surface area contributed by atoms with Crippen LogP contribution >= 0.6 is 11.3 Å². The fraction of sp³-hybridized carbons (Fsp3) is 0.105. The van der Waals surface area contributed by atoms with Crippen molar-refractivity contribution in [2.75, 3.05) is 5.32 Å². The highest BCUT2D eigenvalue weighted by Gasteiger charge is 2.17. The fourth-order valence-corrected chi connectivity index (χ4v) is 3.17. The molecule has 0 aliphatic heterocycles. The summed E-state index contributed by atoms with van der Waals surface area (Å²) in [7, 11) is 0. The van der Waals surface area contributed by atoms with Gasteiger partial charge in [0.1, 0.15) is 10.7 Å². The first-order valence-electron chi connectivity index (χ1n) is 7.89. The van der Waals surface area contributed by atoms with Crippen LogP contribution in [0.2, 0.25) is 0 Å². The average Bonchev–Trinajstić information content (AvgIpc) is 3.01. The lowest BCUT2D eigenvalue weighted by atomic mass is 10.2. The number of halogens is 1. The first-order valence-corrected chi connectivity index (χ1v) is 8.71.